The molecule has 8 heterocycles. The maximum absolute atomic E-state index is 5.20. The molecule has 400 valence electrons. The van der Waals surface area contributed by atoms with Gasteiger partial charge in [-0.3, -0.25) is 0 Å². The Morgan fingerprint density at radius 3 is 1.73 bits per heavy atom. The summed E-state index contributed by atoms with van der Waals surface area (Å²) in [5.41, 5.74) is 18.2. The molecule has 0 radical (unpaired) electrons. The summed E-state index contributed by atoms with van der Waals surface area (Å²) in [5, 5.41) is 11.7. The molecule has 16 rings (SSSR count). The average molecular weight is 1110 g/mol. The van der Waals surface area contributed by atoms with Gasteiger partial charge in [0.2, 0.25) is 0 Å². The monoisotopic (exact) mass is 1110 g/mol. The third-order valence-electron chi connectivity index (χ3n) is 12.7. The second-order valence-corrected chi connectivity index (χ2v) is 21.8. The first kappa shape index (κ1) is 55.8. The Hall–Kier alpha value is -8.94. The fourth-order valence-electron chi connectivity index (χ4n) is 8.42. The number of furan rings is 1. The standard InChI is InChI=1S/C9H8O.3C9H8S.4C8H7NO/c1-7-3-2-4-9-8(7)5-6-10-9;1-7-2-3-9-8(6-7)4-5-10-9;1-7-2-3-8-4-5-10-9(8)6-7;1-7-3-2-4-8-5-6-10-9(7)8;1-6-2-3-8-7(4-6)9-5-10-8;1-6-2-3-7-8(4-6)10-5-9-7;1-6-3-2-4-7-8(6)9-5-10-7;1-6-3-2-4-7-8(6)10-5-9-7/h4*2-6H,1H3;4*2-5H,1H3. The molecule has 0 saturated carbocycles. The van der Waals surface area contributed by atoms with Crippen LogP contribution in [-0.4, -0.2) is 19.9 Å². The number of para-hydroxylation sites is 2. The van der Waals surface area contributed by atoms with Crippen molar-refractivity contribution < 1.29 is 22.1 Å². The quantitative estimate of drug-likeness (QED) is 0.146. The van der Waals surface area contributed by atoms with E-state index in [0.717, 1.165) is 61.1 Å². The Morgan fingerprint density at radius 2 is 0.912 bits per heavy atom. The number of aryl methyl sites for hydroxylation is 8. The molecule has 8 aromatic carbocycles. The molecule has 0 atom stereocenters. The summed E-state index contributed by atoms with van der Waals surface area (Å²) < 4.78 is 29.8. The highest BCUT2D eigenvalue weighted by molar-refractivity contribution is 7.17. The number of thiophene rings is 3. The first-order valence-corrected chi connectivity index (χ1v) is 28.5. The number of oxazole rings is 4. The molecular formula is C68H60N4O5S3. The highest BCUT2D eigenvalue weighted by Crippen LogP contribution is 2.25. The summed E-state index contributed by atoms with van der Waals surface area (Å²) in [4.78, 5) is 16.1. The minimum atomic E-state index is 0.852. The molecule has 80 heavy (non-hydrogen) atoms. The molecule has 0 N–H and O–H groups in total. The first-order valence-electron chi connectivity index (χ1n) is 25.9. The van der Waals surface area contributed by atoms with E-state index >= 15 is 0 Å². The van der Waals surface area contributed by atoms with Gasteiger partial charge in [-0.15, -0.1) is 34.0 Å². The highest BCUT2D eigenvalue weighted by atomic mass is 32.1. The van der Waals surface area contributed by atoms with Gasteiger partial charge in [0.05, 0.1) is 6.26 Å². The van der Waals surface area contributed by atoms with Crippen molar-refractivity contribution in [3.63, 3.8) is 0 Å². The Kier molecular flexibility index (Phi) is 18.9. The Labute approximate surface area is 476 Å². The van der Waals surface area contributed by atoms with Crippen LogP contribution in [-0.2, 0) is 0 Å². The third-order valence-corrected chi connectivity index (χ3v) is 15.5. The number of fused-ring (bicyclic) bond motifs is 8. The zero-order valence-corrected chi connectivity index (χ0v) is 48.3. The molecule has 12 heteroatoms. The molecule has 0 bridgehead atoms. The van der Waals surface area contributed by atoms with E-state index in [1.165, 1.54) is 94.6 Å². The van der Waals surface area contributed by atoms with E-state index in [9.17, 15) is 0 Å². The number of benzene rings is 8. The van der Waals surface area contributed by atoms with Gasteiger partial charge in [0, 0.05) is 19.5 Å². The lowest BCUT2D eigenvalue weighted by atomic mass is 10.1. The van der Waals surface area contributed by atoms with Crippen molar-refractivity contribution in [3.05, 3.63) is 262 Å². The number of rotatable bonds is 0. The zero-order valence-electron chi connectivity index (χ0n) is 45.8. The molecule has 0 aliphatic carbocycles. The second kappa shape index (κ2) is 27.1. The van der Waals surface area contributed by atoms with Crippen molar-refractivity contribution in [2.45, 2.75) is 55.4 Å². The molecule has 0 unspecified atom stereocenters. The second-order valence-electron chi connectivity index (χ2n) is 18.9. The van der Waals surface area contributed by atoms with Gasteiger partial charge in [0.25, 0.3) is 0 Å². The van der Waals surface area contributed by atoms with Gasteiger partial charge in [-0.2, -0.15) is 0 Å². The SMILES string of the molecule is Cc1ccc2ccsc2c1.Cc1ccc2ncoc2c1.Cc1ccc2ocnc2c1.Cc1ccc2sccc2c1.Cc1cccc2ccsc12.Cc1cccc2ncoc12.Cc1cccc2occc12.Cc1cccc2ocnc12. The lowest BCUT2D eigenvalue weighted by Crippen LogP contribution is -1.72. The molecule has 16 aromatic rings. The van der Waals surface area contributed by atoms with Crippen LogP contribution in [0, 0.1) is 55.4 Å². The normalized spacial score (nSPS) is 10.5. The van der Waals surface area contributed by atoms with Crippen LogP contribution in [0.2, 0.25) is 0 Å². The van der Waals surface area contributed by atoms with E-state index in [4.69, 9.17) is 22.1 Å². The fourth-order valence-corrected chi connectivity index (χ4v) is 11.0. The van der Waals surface area contributed by atoms with Gasteiger partial charge in [0.15, 0.2) is 47.9 Å². The van der Waals surface area contributed by atoms with Crippen molar-refractivity contribution in [2.75, 3.05) is 0 Å². The largest absolute Gasteiger partial charge is 0.464 e. The number of hydrogen-bond acceptors (Lipinski definition) is 12. The minimum Gasteiger partial charge on any atom is -0.464 e. The van der Waals surface area contributed by atoms with Gasteiger partial charge >= 0.3 is 0 Å². The van der Waals surface area contributed by atoms with Crippen LogP contribution in [0.5, 0.6) is 0 Å². The third kappa shape index (κ3) is 14.8. The van der Waals surface area contributed by atoms with Crippen LogP contribution >= 0.6 is 34.0 Å². The minimum absolute atomic E-state index is 0.852. The fraction of sp³-hybridized carbons (Fsp3) is 0.118. The van der Waals surface area contributed by atoms with E-state index in [1.54, 1.807) is 28.9 Å². The maximum Gasteiger partial charge on any atom is 0.181 e. The van der Waals surface area contributed by atoms with Crippen LogP contribution in [0.15, 0.2) is 240 Å². The van der Waals surface area contributed by atoms with Gasteiger partial charge in [-0.05, 0) is 205 Å². The van der Waals surface area contributed by atoms with Gasteiger partial charge in [-0.25, -0.2) is 19.9 Å². The zero-order chi connectivity index (χ0) is 55.8. The molecule has 9 nitrogen and oxygen atoms in total. The van der Waals surface area contributed by atoms with Crippen molar-refractivity contribution in [2.24, 2.45) is 0 Å². The molecule has 0 saturated heterocycles. The van der Waals surface area contributed by atoms with Gasteiger partial charge in [-0.1, -0.05) is 96.6 Å². The van der Waals surface area contributed by atoms with Gasteiger partial charge in [0.1, 0.15) is 27.6 Å². The van der Waals surface area contributed by atoms with Crippen LogP contribution in [0.3, 0.4) is 0 Å². The molecule has 0 spiro atoms. The van der Waals surface area contributed by atoms with Crippen molar-refractivity contribution in [3.8, 4) is 0 Å². The predicted molar refractivity (Wildman–Crippen MR) is 336 cm³/mol. The van der Waals surface area contributed by atoms with Crippen molar-refractivity contribution in [1.82, 2.24) is 19.9 Å². The van der Waals surface area contributed by atoms with E-state index < -0.39 is 0 Å². The lowest BCUT2D eigenvalue weighted by molar-refractivity contribution is 0.599. The summed E-state index contributed by atoms with van der Waals surface area (Å²) in [6.45, 7) is 16.6. The smallest absolute Gasteiger partial charge is 0.181 e. The Morgan fingerprint density at radius 1 is 0.325 bits per heavy atom. The first-order chi connectivity index (χ1) is 38.9. The van der Waals surface area contributed by atoms with E-state index in [0.29, 0.717) is 0 Å². The summed E-state index contributed by atoms with van der Waals surface area (Å²) in [6.07, 6.45) is 7.58. The van der Waals surface area contributed by atoms with Crippen LogP contribution in [0.25, 0.3) is 85.6 Å². The van der Waals surface area contributed by atoms with Crippen molar-refractivity contribution >= 4 is 120 Å². The van der Waals surface area contributed by atoms with Crippen LogP contribution in [0.1, 0.15) is 44.5 Å². The van der Waals surface area contributed by atoms with Crippen molar-refractivity contribution in [1.29, 1.82) is 0 Å². The Balaban J connectivity index is 0.000000111. The molecular weight excluding hydrogens is 1050 g/mol. The summed E-state index contributed by atoms with van der Waals surface area (Å²) in [6, 6.07) is 57.7. The Bertz CT molecular complexity index is 3950. The molecule has 8 aromatic heterocycles. The molecule has 0 aliphatic heterocycles. The van der Waals surface area contributed by atoms with E-state index in [1.807, 2.05) is 130 Å². The number of hydrogen-bond donors (Lipinski definition) is 0. The summed E-state index contributed by atoms with van der Waals surface area (Å²) in [7, 11) is 0. The summed E-state index contributed by atoms with van der Waals surface area (Å²) >= 11 is 5.41. The predicted octanol–water partition coefficient (Wildman–Crippen LogP) is 20.9. The molecule has 0 fully saturated rings. The average Bonchev–Trinajstić information content (AvgIpc) is 4.31. The topological polar surface area (TPSA) is 117 Å². The molecule has 0 amide bonds. The molecule has 0 aliphatic rings. The van der Waals surface area contributed by atoms with Crippen LogP contribution < -0.4 is 0 Å². The van der Waals surface area contributed by atoms with Gasteiger partial charge < -0.3 is 22.1 Å². The number of aromatic nitrogens is 4. The lowest BCUT2D eigenvalue weighted by Gasteiger charge is -1.91. The highest BCUT2D eigenvalue weighted by Gasteiger charge is 2.02. The summed E-state index contributed by atoms with van der Waals surface area (Å²) in [5.74, 6) is 0. The van der Waals surface area contributed by atoms with E-state index in [2.05, 4.69) is 143 Å². The number of nitrogens with zero attached hydrogens (tertiary/aromatic N) is 4. The van der Waals surface area contributed by atoms with Crippen LogP contribution in [0.4, 0.5) is 0 Å². The van der Waals surface area contributed by atoms with E-state index in [-0.39, 0.29) is 0 Å². The maximum atomic E-state index is 5.20.